The SMILES string of the molecule is OCc1ccc(CNc2ccncc2Cl)cc1. The van der Waals surface area contributed by atoms with Crippen LogP contribution in [0.15, 0.2) is 42.7 Å². The van der Waals surface area contributed by atoms with Crippen LogP contribution in [0.5, 0.6) is 0 Å². The lowest BCUT2D eigenvalue weighted by atomic mass is 10.1. The van der Waals surface area contributed by atoms with E-state index in [4.69, 9.17) is 16.7 Å². The molecule has 1 aromatic carbocycles. The minimum atomic E-state index is 0.0733. The third-order valence-electron chi connectivity index (χ3n) is 2.46. The fourth-order valence-electron chi connectivity index (χ4n) is 1.48. The number of halogens is 1. The number of anilines is 1. The summed E-state index contributed by atoms with van der Waals surface area (Å²) in [6, 6.07) is 9.61. The van der Waals surface area contributed by atoms with Crippen molar-refractivity contribution >= 4 is 17.3 Å². The van der Waals surface area contributed by atoms with Crippen molar-refractivity contribution < 1.29 is 5.11 Å². The molecule has 0 spiro atoms. The van der Waals surface area contributed by atoms with E-state index < -0.39 is 0 Å². The van der Waals surface area contributed by atoms with Gasteiger partial charge in [0, 0.05) is 18.9 Å². The van der Waals surface area contributed by atoms with Gasteiger partial charge in [0.05, 0.1) is 17.3 Å². The molecule has 0 bridgehead atoms. The van der Waals surface area contributed by atoms with E-state index in [9.17, 15) is 0 Å². The van der Waals surface area contributed by atoms with Gasteiger partial charge in [0.1, 0.15) is 0 Å². The van der Waals surface area contributed by atoms with E-state index in [1.165, 1.54) is 0 Å². The highest BCUT2D eigenvalue weighted by Crippen LogP contribution is 2.19. The summed E-state index contributed by atoms with van der Waals surface area (Å²) in [7, 11) is 0. The number of benzene rings is 1. The molecule has 0 aliphatic rings. The molecule has 4 heteroatoms. The van der Waals surface area contributed by atoms with Crippen LogP contribution in [0.3, 0.4) is 0 Å². The molecule has 17 heavy (non-hydrogen) atoms. The summed E-state index contributed by atoms with van der Waals surface area (Å²) in [4.78, 5) is 3.92. The summed E-state index contributed by atoms with van der Waals surface area (Å²) in [5.74, 6) is 0. The van der Waals surface area contributed by atoms with Crippen LogP contribution in [0, 0.1) is 0 Å². The second kappa shape index (κ2) is 5.66. The van der Waals surface area contributed by atoms with Gasteiger partial charge in [0.2, 0.25) is 0 Å². The van der Waals surface area contributed by atoms with Crippen LogP contribution in [0.25, 0.3) is 0 Å². The Labute approximate surface area is 105 Å². The van der Waals surface area contributed by atoms with Gasteiger partial charge in [-0.05, 0) is 17.2 Å². The van der Waals surface area contributed by atoms with Crippen molar-refractivity contribution in [3.05, 3.63) is 58.9 Å². The predicted molar refractivity (Wildman–Crippen MR) is 68.9 cm³/mol. The smallest absolute Gasteiger partial charge is 0.0820 e. The molecule has 0 saturated carbocycles. The zero-order valence-corrected chi connectivity index (χ0v) is 9.98. The number of hydrogen-bond donors (Lipinski definition) is 2. The van der Waals surface area contributed by atoms with Gasteiger partial charge in [-0.3, -0.25) is 4.98 Å². The first-order valence-electron chi connectivity index (χ1n) is 5.31. The number of pyridine rings is 1. The lowest BCUT2D eigenvalue weighted by molar-refractivity contribution is 0.282. The molecule has 0 radical (unpaired) electrons. The molecule has 2 N–H and O–H groups in total. The fourth-order valence-corrected chi connectivity index (χ4v) is 1.66. The van der Waals surface area contributed by atoms with Crippen molar-refractivity contribution in [2.45, 2.75) is 13.2 Å². The van der Waals surface area contributed by atoms with Gasteiger partial charge in [-0.2, -0.15) is 0 Å². The molecule has 0 fully saturated rings. The number of hydrogen-bond acceptors (Lipinski definition) is 3. The van der Waals surface area contributed by atoms with Gasteiger partial charge < -0.3 is 10.4 Å². The molecule has 88 valence electrons. The minimum Gasteiger partial charge on any atom is -0.392 e. The highest BCUT2D eigenvalue weighted by Gasteiger charge is 1.99. The summed E-state index contributed by atoms with van der Waals surface area (Å²) in [5, 5.41) is 12.8. The summed E-state index contributed by atoms with van der Waals surface area (Å²) in [6.45, 7) is 0.763. The van der Waals surface area contributed by atoms with E-state index in [1.807, 2.05) is 30.3 Å². The lowest BCUT2D eigenvalue weighted by Gasteiger charge is -2.08. The summed E-state index contributed by atoms with van der Waals surface area (Å²) < 4.78 is 0. The van der Waals surface area contributed by atoms with E-state index in [0.717, 1.165) is 16.8 Å². The maximum atomic E-state index is 8.93. The van der Waals surface area contributed by atoms with Crippen molar-refractivity contribution in [3.8, 4) is 0 Å². The molecule has 2 aromatic rings. The maximum Gasteiger partial charge on any atom is 0.0820 e. The van der Waals surface area contributed by atoms with Crippen LogP contribution in [-0.2, 0) is 13.2 Å². The van der Waals surface area contributed by atoms with Crippen molar-refractivity contribution in [1.29, 1.82) is 0 Å². The Morgan fingerprint density at radius 1 is 1.12 bits per heavy atom. The van der Waals surface area contributed by atoms with Crippen molar-refractivity contribution in [2.24, 2.45) is 0 Å². The minimum absolute atomic E-state index is 0.0733. The van der Waals surface area contributed by atoms with Crippen molar-refractivity contribution in [1.82, 2.24) is 4.98 Å². The quantitative estimate of drug-likeness (QED) is 0.875. The molecule has 1 aromatic heterocycles. The average Bonchev–Trinajstić information content (AvgIpc) is 2.38. The zero-order chi connectivity index (χ0) is 12.1. The molecule has 0 atom stereocenters. The van der Waals surface area contributed by atoms with E-state index in [-0.39, 0.29) is 6.61 Å². The summed E-state index contributed by atoms with van der Waals surface area (Å²) in [6.07, 6.45) is 3.31. The van der Waals surface area contributed by atoms with E-state index in [1.54, 1.807) is 12.4 Å². The molecule has 2 rings (SSSR count). The molecule has 0 saturated heterocycles. The van der Waals surface area contributed by atoms with Gasteiger partial charge in [-0.1, -0.05) is 35.9 Å². The van der Waals surface area contributed by atoms with Gasteiger partial charge in [0.25, 0.3) is 0 Å². The van der Waals surface area contributed by atoms with Crippen LogP contribution in [-0.4, -0.2) is 10.1 Å². The van der Waals surface area contributed by atoms with E-state index >= 15 is 0 Å². The molecule has 0 unspecified atom stereocenters. The van der Waals surface area contributed by atoms with Gasteiger partial charge in [0.15, 0.2) is 0 Å². The highest BCUT2D eigenvalue weighted by molar-refractivity contribution is 6.33. The highest BCUT2D eigenvalue weighted by atomic mass is 35.5. The average molecular weight is 249 g/mol. The Morgan fingerprint density at radius 2 is 1.82 bits per heavy atom. The number of aromatic nitrogens is 1. The van der Waals surface area contributed by atoms with Crippen molar-refractivity contribution in [2.75, 3.05) is 5.32 Å². The number of nitrogens with one attached hydrogen (secondary N) is 1. The monoisotopic (exact) mass is 248 g/mol. The second-order valence-electron chi connectivity index (χ2n) is 3.68. The van der Waals surface area contributed by atoms with Gasteiger partial charge in [-0.25, -0.2) is 0 Å². The third kappa shape index (κ3) is 3.19. The standard InChI is InChI=1S/C13H13ClN2O/c14-12-8-15-6-5-13(12)16-7-10-1-3-11(9-17)4-2-10/h1-6,8,17H,7,9H2,(H,15,16). The maximum absolute atomic E-state index is 8.93. The van der Waals surface area contributed by atoms with Crippen LogP contribution < -0.4 is 5.32 Å². The number of aliphatic hydroxyl groups excluding tert-OH is 1. The molecule has 0 aliphatic carbocycles. The molecule has 1 heterocycles. The number of nitrogens with zero attached hydrogens (tertiary/aromatic N) is 1. The van der Waals surface area contributed by atoms with E-state index in [0.29, 0.717) is 11.6 Å². The normalized spacial score (nSPS) is 10.2. The third-order valence-corrected chi connectivity index (χ3v) is 2.76. The summed E-state index contributed by atoms with van der Waals surface area (Å²) in [5.41, 5.74) is 2.92. The van der Waals surface area contributed by atoms with Crippen LogP contribution in [0.2, 0.25) is 5.02 Å². The number of aliphatic hydroxyl groups is 1. The van der Waals surface area contributed by atoms with Gasteiger partial charge >= 0.3 is 0 Å². The Hall–Kier alpha value is -1.58. The lowest BCUT2D eigenvalue weighted by Crippen LogP contribution is -2.00. The Bertz CT molecular complexity index is 485. The Balaban J connectivity index is 2.00. The first-order valence-corrected chi connectivity index (χ1v) is 5.69. The first kappa shape index (κ1) is 11.9. The zero-order valence-electron chi connectivity index (χ0n) is 9.23. The van der Waals surface area contributed by atoms with Crippen LogP contribution in [0.1, 0.15) is 11.1 Å². The fraction of sp³-hybridized carbons (Fsp3) is 0.154. The first-order chi connectivity index (χ1) is 8.29. The summed E-state index contributed by atoms with van der Waals surface area (Å²) >= 11 is 5.98. The molecule has 0 aliphatic heterocycles. The van der Waals surface area contributed by atoms with E-state index in [2.05, 4.69) is 10.3 Å². The van der Waals surface area contributed by atoms with Crippen LogP contribution >= 0.6 is 11.6 Å². The topological polar surface area (TPSA) is 45.1 Å². The van der Waals surface area contributed by atoms with Crippen molar-refractivity contribution in [3.63, 3.8) is 0 Å². The molecular formula is C13H13ClN2O. The second-order valence-corrected chi connectivity index (χ2v) is 4.09. The number of rotatable bonds is 4. The van der Waals surface area contributed by atoms with Gasteiger partial charge in [-0.15, -0.1) is 0 Å². The largest absolute Gasteiger partial charge is 0.392 e. The Morgan fingerprint density at radius 3 is 2.47 bits per heavy atom. The van der Waals surface area contributed by atoms with Crippen LogP contribution in [0.4, 0.5) is 5.69 Å². The molecular weight excluding hydrogens is 236 g/mol. The molecule has 3 nitrogen and oxygen atoms in total. The Kier molecular flexibility index (Phi) is 3.96. The molecule has 0 amide bonds. The predicted octanol–water partition coefficient (Wildman–Crippen LogP) is 2.84.